The van der Waals surface area contributed by atoms with Crippen LogP contribution in [0.4, 0.5) is 4.79 Å². The molecule has 8 nitrogen and oxygen atoms in total. The maximum absolute atomic E-state index is 12.5. The molecule has 2 aliphatic rings. The number of hydrogen-bond acceptors (Lipinski definition) is 5. The van der Waals surface area contributed by atoms with E-state index in [1.165, 1.54) is 0 Å². The van der Waals surface area contributed by atoms with Gasteiger partial charge in [0.2, 0.25) is 5.91 Å². The summed E-state index contributed by atoms with van der Waals surface area (Å²) in [5.41, 5.74) is 4.61. The van der Waals surface area contributed by atoms with E-state index >= 15 is 0 Å². The third-order valence-electron chi connectivity index (χ3n) is 6.47. The van der Waals surface area contributed by atoms with E-state index < -0.39 is 18.2 Å². The lowest BCUT2D eigenvalue weighted by molar-refractivity contribution is -0.146. The number of ether oxygens (including phenoxy) is 1. The number of amides is 2. The normalized spacial score (nSPS) is 20.3. The molecule has 0 aliphatic heterocycles. The number of carbonyl (C=O) groups excluding carboxylic acids is 2. The summed E-state index contributed by atoms with van der Waals surface area (Å²) in [5, 5.41) is 23.4. The van der Waals surface area contributed by atoms with Crippen molar-refractivity contribution in [3.05, 3.63) is 59.7 Å². The molecule has 1 fully saturated rings. The van der Waals surface area contributed by atoms with Gasteiger partial charge >= 0.3 is 12.1 Å². The number of carboxylic acids is 1. The fourth-order valence-corrected chi connectivity index (χ4v) is 4.79. The first-order chi connectivity index (χ1) is 15.9. The van der Waals surface area contributed by atoms with Gasteiger partial charge in [-0.15, -0.1) is 0 Å². The topological polar surface area (TPSA) is 125 Å². The molecule has 0 spiro atoms. The Morgan fingerprint density at radius 1 is 1.00 bits per heavy atom. The lowest BCUT2D eigenvalue weighted by atomic mass is 9.85. The summed E-state index contributed by atoms with van der Waals surface area (Å²) in [7, 11) is 0. The van der Waals surface area contributed by atoms with Crippen LogP contribution in [0.5, 0.6) is 0 Å². The van der Waals surface area contributed by atoms with Gasteiger partial charge < -0.3 is 25.6 Å². The molecule has 0 saturated heterocycles. The van der Waals surface area contributed by atoms with E-state index in [1.54, 1.807) is 0 Å². The van der Waals surface area contributed by atoms with Crippen LogP contribution in [0.2, 0.25) is 0 Å². The number of hydrogen-bond donors (Lipinski definition) is 4. The minimum Gasteiger partial charge on any atom is -0.479 e. The van der Waals surface area contributed by atoms with Crippen molar-refractivity contribution in [3.8, 4) is 11.1 Å². The number of aliphatic carboxylic acids is 1. The molecule has 0 aromatic heterocycles. The Balaban J connectivity index is 1.30. The van der Waals surface area contributed by atoms with Crippen LogP contribution in [0, 0.1) is 5.92 Å². The number of rotatable bonds is 7. The first-order valence-corrected chi connectivity index (χ1v) is 11.2. The molecule has 0 unspecified atom stereocenters. The zero-order chi connectivity index (χ0) is 23.4. The zero-order valence-corrected chi connectivity index (χ0v) is 18.2. The standard InChI is InChI=1S/C25H28N2O6/c28-22(24(30)31)13-26-23(29)15-6-5-7-16(12-15)27-25(32)33-14-21-19-10-3-1-8-17(19)18-9-2-4-11-20(18)21/h1-4,8-11,15-16,21-22,28H,5-7,12-14H2,(H,26,29)(H,27,32)(H,30,31)/t15-,16+,22+/m1/s1. The molecule has 2 aromatic carbocycles. The second-order valence-corrected chi connectivity index (χ2v) is 8.63. The van der Waals surface area contributed by atoms with Gasteiger partial charge in [0.05, 0.1) is 6.54 Å². The maximum atomic E-state index is 12.5. The highest BCUT2D eigenvalue weighted by molar-refractivity contribution is 5.81. The SMILES string of the molecule is O=C(N[C@H]1CCC[C@@H](C(=O)NC[C@H](O)C(=O)O)C1)OCC1c2ccccc2-c2ccccc21. The molecule has 2 aliphatic carbocycles. The molecule has 174 valence electrons. The highest BCUT2D eigenvalue weighted by atomic mass is 16.5. The predicted molar refractivity (Wildman–Crippen MR) is 121 cm³/mol. The Morgan fingerprint density at radius 3 is 2.27 bits per heavy atom. The van der Waals surface area contributed by atoms with Crippen LogP contribution in [0.3, 0.4) is 0 Å². The smallest absolute Gasteiger partial charge is 0.407 e. The molecule has 2 aromatic rings. The predicted octanol–water partition coefficient (Wildman–Crippen LogP) is 2.65. The van der Waals surface area contributed by atoms with Crippen LogP contribution in [0.15, 0.2) is 48.5 Å². The van der Waals surface area contributed by atoms with Gasteiger partial charge in [-0.25, -0.2) is 9.59 Å². The summed E-state index contributed by atoms with van der Waals surface area (Å²) in [5.74, 6) is -2.06. The van der Waals surface area contributed by atoms with Gasteiger partial charge in [-0.1, -0.05) is 55.0 Å². The average molecular weight is 453 g/mol. The van der Waals surface area contributed by atoms with E-state index in [0.717, 1.165) is 35.1 Å². The number of nitrogens with one attached hydrogen (secondary N) is 2. The third kappa shape index (κ3) is 5.17. The van der Waals surface area contributed by atoms with E-state index in [4.69, 9.17) is 9.84 Å². The van der Waals surface area contributed by atoms with Gasteiger partial charge in [0.25, 0.3) is 0 Å². The molecule has 1 saturated carbocycles. The quantitative estimate of drug-likeness (QED) is 0.512. The molecule has 33 heavy (non-hydrogen) atoms. The number of aliphatic hydroxyl groups is 1. The van der Waals surface area contributed by atoms with Crippen molar-refractivity contribution >= 4 is 18.0 Å². The lowest BCUT2D eigenvalue weighted by Gasteiger charge is -2.29. The molecule has 0 bridgehead atoms. The minimum absolute atomic E-state index is 0.0197. The van der Waals surface area contributed by atoms with Crippen LogP contribution >= 0.6 is 0 Å². The number of carboxylic acid groups (broad SMARTS) is 1. The zero-order valence-electron chi connectivity index (χ0n) is 18.2. The molecule has 0 radical (unpaired) electrons. The molecule has 2 amide bonds. The van der Waals surface area contributed by atoms with Crippen molar-refractivity contribution in [3.63, 3.8) is 0 Å². The Kier molecular flexibility index (Phi) is 6.93. The molecule has 4 N–H and O–H groups in total. The van der Waals surface area contributed by atoms with Gasteiger partial charge in [-0.2, -0.15) is 0 Å². The molecular weight excluding hydrogens is 424 g/mol. The molecule has 3 atom stereocenters. The summed E-state index contributed by atoms with van der Waals surface area (Å²) in [4.78, 5) is 35.5. The van der Waals surface area contributed by atoms with Crippen molar-refractivity contribution in [2.24, 2.45) is 5.92 Å². The van der Waals surface area contributed by atoms with Gasteiger partial charge in [-0.05, 0) is 41.5 Å². The third-order valence-corrected chi connectivity index (χ3v) is 6.47. The fraction of sp³-hybridized carbons (Fsp3) is 0.400. The van der Waals surface area contributed by atoms with E-state index in [9.17, 15) is 19.5 Å². The first kappa shape index (κ1) is 22.8. The minimum atomic E-state index is -1.63. The van der Waals surface area contributed by atoms with Crippen molar-refractivity contribution in [1.82, 2.24) is 10.6 Å². The van der Waals surface area contributed by atoms with Gasteiger partial charge in [0, 0.05) is 17.9 Å². The average Bonchev–Trinajstić information content (AvgIpc) is 3.15. The van der Waals surface area contributed by atoms with E-state index in [0.29, 0.717) is 12.8 Å². The van der Waals surface area contributed by atoms with Crippen molar-refractivity contribution in [2.45, 2.75) is 43.7 Å². The fourth-order valence-electron chi connectivity index (χ4n) is 4.79. The summed E-state index contributed by atoms with van der Waals surface area (Å²) in [6.45, 7) is -0.112. The molecule has 0 heterocycles. The monoisotopic (exact) mass is 452 g/mol. The molecule has 4 rings (SSSR count). The lowest BCUT2D eigenvalue weighted by Crippen LogP contribution is -2.44. The molecular formula is C25H28N2O6. The van der Waals surface area contributed by atoms with E-state index in [1.807, 2.05) is 24.3 Å². The first-order valence-electron chi connectivity index (χ1n) is 11.2. The summed E-state index contributed by atoms with van der Waals surface area (Å²) in [6.07, 6.45) is 0.452. The largest absolute Gasteiger partial charge is 0.479 e. The highest BCUT2D eigenvalue weighted by Gasteiger charge is 2.31. The molecule has 8 heteroatoms. The van der Waals surface area contributed by atoms with Crippen LogP contribution in [0.25, 0.3) is 11.1 Å². The second-order valence-electron chi connectivity index (χ2n) is 8.63. The van der Waals surface area contributed by atoms with Crippen molar-refractivity contribution in [2.75, 3.05) is 13.2 Å². The van der Waals surface area contributed by atoms with Gasteiger partial charge in [0.1, 0.15) is 6.61 Å². The number of alkyl carbamates (subject to hydrolysis) is 1. The second kappa shape index (κ2) is 10.0. The van der Waals surface area contributed by atoms with Crippen molar-refractivity contribution < 1.29 is 29.3 Å². The summed E-state index contributed by atoms with van der Waals surface area (Å²) < 4.78 is 5.59. The van der Waals surface area contributed by atoms with Gasteiger partial charge in [-0.3, -0.25) is 4.79 Å². The Labute approximate surface area is 192 Å². The van der Waals surface area contributed by atoms with Crippen LogP contribution in [-0.2, 0) is 14.3 Å². The van der Waals surface area contributed by atoms with Crippen LogP contribution in [0.1, 0.15) is 42.7 Å². The number of benzene rings is 2. The van der Waals surface area contributed by atoms with E-state index in [-0.39, 0.29) is 36.9 Å². The van der Waals surface area contributed by atoms with Crippen molar-refractivity contribution in [1.29, 1.82) is 0 Å². The number of aliphatic hydroxyl groups excluding tert-OH is 1. The number of fused-ring (bicyclic) bond motifs is 3. The number of carbonyl (C=O) groups is 3. The Morgan fingerprint density at radius 2 is 1.64 bits per heavy atom. The Hall–Kier alpha value is -3.39. The maximum Gasteiger partial charge on any atom is 0.407 e. The van der Waals surface area contributed by atoms with E-state index in [2.05, 4.69) is 34.9 Å². The highest BCUT2D eigenvalue weighted by Crippen LogP contribution is 2.44. The summed E-state index contributed by atoms with van der Waals surface area (Å²) >= 11 is 0. The van der Waals surface area contributed by atoms with Crippen LogP contribution in [-0.4, -0.2) is 53.5 Å². The van der Waals surface area contributed by atoms with Crippen LogP contribution < -0.4 is 10.6 Å². The summed E-state index contributed by atoms with van der Waals surface area (Å²) in [6, 6.07) is 16.1. The Bertz CT molecular complexity index is 994. The van der Waals surface area contributed by atoms with Gasteiger partial charge in [0.15, 0.2) is 6.10 Å².